The number of carbonyl (C=O) groups excluding carboxylic acids is 1. The summed E-state index contributed by atoms with van der Waals surface area (Å²) in [7, 11) is 1.50. The number of amides is 1. The zero-order valence-electron chi connectivity index (χ0n) is 11.3. The van der Waals surface area contributed by atoms with Crippen LogP contribution in [0.3, 0.4) is 0 Å². The average molecular weight is 335 g/mol. The Morgan fingerprint density at radius 2 is 2.00 bits per heavy atom. The van der Waals surface area contributed by atoms with Crippen LogP contribution in [0.2, 0.25) is 0 Å². The fourth-order valence-corrected chi connectivity index (χ4v) is 2.10. The van der Waals surface area contributed by atoms with Crippen molar-refractivity contribution in [3.8, 4) is 5.88 Å². The van der Waals surface area contributed by atoms with Gasteiger partial charge in [-0.25, -0.2) is 4.98 Å². The SMILES string of the molecule is COc1ncccc1C(=O)NC(C)c1ccc(Br)cc1. The number of benzene rings is 1. The van der Waals surface area contributed by atoms with E-state index in [4.69, 9.17) is 4.74 Å². The molecule has 0 saturated carbocycles. The van der Waals surface area contributed by atoms with Crippen LogP contribution in [-0.2, 0) is 0 Å². The number of hydrogen-bond acceptors (Lipinski definition) is 3. The number of ether oxygens (including phenoxy) is 1. The van der Waals surface area contributed by atoms with Crippen molar-refractivity contribution in [1.82, 2.24) is 10.3 Å². The summed E-state index contributed by atoms with van der Waals surface area (Å²) in [5.41, 5.74) is 1.46. The predicted octanol–water partition coefficient (Wildman–Crippen LogP) is 3.34. The van der Waals surface area contributed by atoms with Crippen LogP contribution >= 0.6 is 15.9 Å². The molecule has 1 aromatic heterocycles. The summed E-state index contributed by atoms with van der Waals surface area (Å²) in [5.74, 6) is 0.123. The Hall–Kier alpha value is -1.88. The van der Waals surface area contributed by atoms with Crippen molar-refractivity contribution >= 4 is 21.8 Å². The van der Waals surface area contributed by atoms with E-state index in [1.807, 2.05) is 31.2 Å². The molecule has 1 amide bonds. The molecule has 104 valence electrons. The van der Waals surface area contributed by atoms with E-state index >= 15 is 0 Å². The molecule has 0 aliphatic carbocycles. The third-order valence-corrected chi connectivity index (χ3v) is 3.46. The maximum Gasteiger partial charge on any atom is 0.257 e. The average Bonchev–Trinajstić information content (AvgIpc) is 2.47. The van der Waals surface area contributed by atoms with Crippen LogP contribution in [0, 0.1) is 0 Å². The molecule has 1 heterocycles. The molecule has 2 rings (SSSR count). The van der Waals surface area contributed by atoms with Gasteiger partial charge in [0.1, 0.15) is 5.56 Å². The van der Waals surface area contributed by atoms with E-state index in [0.717, 1.165) is 10.0 Å². The summed E-state index contributed by atoms with van der Waals surface area (Å²) < 4.78 is 6.10. The first kappa shape index (κ1) is 14.5. The summed E-state index contributed by atoms with van der Waals surface area (Å²) in [4.78, 5) is 16.3. The normalized spacial score (nSPS) is 11.8. The zero-order chi connectivity index (χ0) is 14.5. The van der Waals surface area contributed by atoms with Crippen molar-refractivity contribution in [3.63, 3.8) is 0 Å². The molecule has 0 spiro atoms. The molecule has 0 radical (unpaired) electrons. The largest absolute Gasteiger partial charge is 0.480 e. The van der Waals surface area contributed by atoms with E-state index in [9.17, 15) is 4.79 Å². The Bertz CT molecular complexity index is 599. The molecule has 1 unspecified atom stereocenters. The van der Waals surface area contributed by atoms with Gasteiger partial charge in [0.25, 0.3) is 5.91 Å². The van der Waals surface area contributed by atoms with Gasteiger partial charge < -0.3 is 10.1 Å². The number of aromatic nitrogens is 1. The highest BCUT2D eigenvalue weighted by atomic mass is 79.9. The van der Waals surface area contributed by atoms with Crippen molar-refractivity contribution in [1.29, 1.82) is 0 Å². The minimum absolute atomic E-state index is 0.0967. The van der Waals surface area contributed by atoms with Gasteiger partial charge in [-0.1, -0.05) is 28.1 Å². The van der Waals surface area contributed by atoms with E-state index in [1.165, 1.54) is 7.11 Å². The van der Waals surface area contributed by atoms with Crippen molar-refractivity contribution in [2.24, 2.45) is 0 Å². The second-order valence-corrected chi connectivity index (χ2v) is 5.22. The van der Waals surface area contributed by atoms with Crippen LogP contribution in [0.4, 0.5) is 0 Å². The Kier molecular flexibility index (Phi) is 4.74. The summed E-state index contributed by atoms with van der Waals surface area (Å²) in [6, 6.07) is 11.1. The first-order chi connectivity index (χ1) is 9.61. The molecule has 2 aromatic rings. The van der Waals surface area contributed by atoms with Gasteiger partial charge in [-0.2, -0.15) is 0 Å². The van der Waals surface area contributed by atoms with Crippen LogP contribution < -0.4 is 10.1 Å². The summed E-state index contributed by atoms with van der Waals surface area (Å²) >= 11 is 3.39. The molecule has 5 heteroatoms. The van der Waals surface area contributed by atoms with Crippen LogP contribution in [0.1, 0.15) is 28.9 Å². The summed E-state index contributed by atoms with van der Waals surface area (Å²) in [6.45, 7) is 1.93. The lowest BCUT2D eigenvalue weighted by Crippen LogP contribution is -2.27. The molecule has 1 atom stereocenters. The molecule has 0 aliphatic heterocycles. The first-order valence-electron chi connectivity index (χ1n) is 6.17. The monoisotopic (exact) mass is 334 g/mol. The molecular weight excluding hydrogens is 320 g/mol. The number of nitrogens with zero attached hydrogens (tertiary/aromatic N) is 1. The van der Waals surface area contributed by atoms with Gasteiger partial charge in [0.15, 0.2) is 0 Å². The van der Waals surface area contributed by atoms with Gasteiger partial charge in [0, 0.05) is 10.7 Å². The first-order valence-corrected chi connectivity index (χ1v) is 6.96. The molecule has 0 fully saturated rings. The zero-order valence-corrected chi connectivity index (χ0v) is 12.8. The highest BCUT2D eigenvalue weighted by Crippen LogP contribution is 2.19. The number of halogens is 1. The van der Waals surface area contributed by atoms with Gasteiger partial charge in [-0.15, -0.1) is 0 Å². The smallest absolute Gasteiger partial charge is 0.257 e. The second-order valence-electron chi connectivity index (χ2n) is 4.31. The lowest BCUT2D eigenvalue weighted by molar-refractivity contribution is 0.0936. The van der Waals surface area contributed by atoms with E-state index < -0.39 is 0 Å². The minimum Gasteiger partial charge on any atom is -0.480 e. The van der Waals surface area contributed by atoms with Gasteiger partial charge >= 0.3 is 0 Å². The maximum absolute atomic E-state index is 12.2. The standard InChI is InChI=1S/C15H15BrN2O2/c1-10(11-5-7-12(16)8-6-11)18-14(19)13-4-3-9-17-15(13)20-2/h3-10H,1-2H3,(H,18,19). The molecule has 20 heavy (non-hydrogen) atoms. The number of rotatable bonds is 4. The quantitative estimate of drug-likeness (QED) is 0.932. The molecule has 0 saturated heterocycles. The number of pyridine rings is 1. The molecule has 1 N–H and O–H groups in total. The molecule has 4 nitrogen and oxygen atoms in total. The third kappa shape index (κ3) is 3.36. The Morgan fingerprint density at radius 1 is 1.30 bits per heavy atom. The fraction of sp³-hybridized carbons (Fsp3) is 0.200. The Labute approximate surface area is 126 Å². The van der Waals surface area contributed by atoms with E-state index in [-0.39, 0.29) is 11.9 Å². The van der Waals surface area contributed by atoms with Gasteiger partial charge in [-0.05, 0) is 36.8 Å². The molecule has 0 bridgehead atoms. The lowest BCUT2D eigenvalue weighted by atomic mass is 10.1. The van der Waals surface area contributed by atoms with Crippen molar-refractivity contribution < 1.29 is 9.53 Å². The van der Waals surface area contributed by atoms with Crippen molar-refractivity contribution in [3.05, 3.63) is 58.2 Å². The van der Waals surface area contributed by atoms with Gasteiger partial charge in [0.2, 0.25) is 5.88 Å². The Balaban J connectivity index is 2.13. The number of nitrogens with one attached hydrogen (secondary N) is 1. The predicted molar refractivity (Wildman–Crippen MR) is 80.8 cm³/mol. The van der Waals surface area contributed by atoms with E-state index in [2.05, 4.69) is 26.2 Å². The van der Waals surface area contributed by atoms with Gasteiger partial charge in [-0.3, -0.25) is 4.79 Å². The van der Waals surface area contributed by atoms with Gasteiger partial charge in [0.05, 0.1) is 13.2 Å². The van der Waals surface area contributed by atoms with Crippen molar-refractivity contribution in [2.75, 3.05) is 7.11 Å². The minimum atomic E-state index is -0.203. The maximum atomic E-state index is 12.2. The third-order valence-electron chi connectivity index (χ3n) is 2.93. The van der Waals surface area contributed by atoms with Crippen molar-refractivity contribution in [2.45, 2.75) is 13.0 Å². The van der Waals surface area contributed by atoms with Crippen LogP contribution in [0.15, 0.2) is 47.1 Å². The summed E-state index contributed by atoms with van der Waals surface area (Å²) in [5, 5.41) is 2.93. The Morgan fingerprint density at radius 3 is 2.65 bits per heavy atom. The summed E-state index contributed by atoms with van der Waals surface area (Å²) in [6.07, 6.45) is 1.59. The van der Waals surface area contributed by atoms with E-state index in [0.29, 0.717) is 11.4 Å². The fourth-order valence-electron chi connectivity index (χ4n) is 1.84. The van der Waals surface area contributed by atoms with Crippen LogP contribution in [-0.4, -0.2) is 18.0 Å². The number of carbonyl (C=O) groups is 1. The second kappa shape index (κ2) is 6.52. The van der Waals surface area contributed by atoms with E-state index in [1.54, 1.807) is 18.3 Å². The van der Waals surface area contributed by atoms with Crippen LogP contribution in [0.5, 0.6) is 5.88 Å². The lowest BCUT2D eigenvalue weighted by Gasteiger charge is -2.15. The van der Waals surface area contributed by atoms with Crippen LogP contribution in [0.25, 0.3) is 0 Å². The number of hydrogen-bond donors (Lipinski definition) is 1. The topological polar surface area (TPSA) is 51.2 Å². The molecule has 0 aliphatic rings. The molecular formula is C15H15BrN2O2. The number of methoxy groups -OCH3 is 1. The molecule has 1 aromatic carbocycles. The highest BCUT2D eigenvalue weighted by Gasteiger charge is 2.15. The highest BCUT2D eigenvalue weighted by molar-refractivity contribution is 9.10.